The van der Waals surface area contributed by atoms with E-state index in [2.05, 4.69) is 4.72 Å². The third-order valence-corrected chi connectivity index (χ3v) is 4.15. The van der Waals surface area contributed by atoms with Gasteiger partial charge in [0.1, 0.15) is 0 Å². The Morgan fingerprint density at radius 3 is 2.50 bits per heavy atom. The van der Waals surface area contributed by atoms with Crippen molar-refractivity contribution in [2.45, 2.75) is 4.90 Å². The molecule has 0 saturated heterocycles. The quantitative estimate of drug-likeness (QED) is 0.294. The minimum absolute atomic E-state index is 0.183. The van der Waals surface area contributed by atoms with Gasteiger partial charge in [0.15, 0.2) is 0 Å². The molecule has 1 atom stereocenters. The van der Waals surface area contributed by atoms with Gasteiger partial charge in [-0.25, -0.2) is 5.48 Å². The number of carbonyl (C=O) groups is 1. The molecule has 2 rings (SSSR count). The van der Waals surface area contributed by atoms with Crippen molar-refractivity contribution in [3.05, 3.63) is 66.2 Å². The molecule has 0 aliphatic heterocycles. The highest BCUT2D eigenvalue weighted by molar-refractivity contribution is 7.99. The first-order valence-electron chi connectivity index (χ1n) is 6.33. The van der Waals surface area contributed by atoms with Crippen molar-refractivity contribution in [2.24, 2.45) is 0 Å². The Bertz CT molecular complexity index is 731. The zero-order valence-corrected chi connectivity index (χ0v) is 12.3. The van der Waals surface area contributed by atoms with Gasteiger partial charge in [0, 0.05) is 12.1 Å². The highest BCUT2D eigenvalue weighted by atomic mass is 32.3. The summed E-state index contributed by atoms with van der Waals surface area (Å²) in [6, 6.07) is 15.0. The SMILES string of the molecule is O=C(/C=C/c1cccc([S+](=O)(O)Nc2ccccc2)c1)NO. The highest BCUT2D eigenvalue weighted by Gasteiger charge is 2.29. The normalized spacial score (nSPS) is 13.5. The van der Waals surface area contributed by atoms with Crippen LogP contribution >= 0.6 is 0 Å². The van der Waals surface area contributed by atoms with Crippen LogP contribution in [0.5, 0.6) is 0 Å². The van der Waals surface area contributed by atoms with Gasteiger partial charge in [0.05, 0.1) is 5.69 Å². The number of rotatable bonds is 5. The summed E-state index contributed by atoms with van der Waals surface area (Å²) >= 11 is 0. The molecule has 2 aromatic carbocycles. The van der Waals surface area contributed by atoms with Crippen LogP contribution in [0.2, 0.25) is 0 Å². The number of hydrogen-bond donors (Lipinski definition) is 4. The fourth-order valence-electron chi connectivity index (χ4n) is 1.72. The summed E-state index contributed by atoms with van der Waals surface area (Å²) in [6.07, 6.45) is 2.54. The van der Waals surface area contributed by atoms with Gasteiger partial charge >= 0.3 is 10.4 Å². The maximum atomic E-state index is 12.4. The van der Waals surface area contributed by atoms with Gasteiger partial charge in [-0.05, 0) is 34.0 Å². The lowest BCUT2D eigenvalue weighted by molar-refractivity contribution is -0.124. The molecule has 0 saturated carbocycles. The van der Waals surface area contributed by atoms with E-state index in [1.807, 2.05) is 6.07 Å². The van der Waals surface area contributed by atoms with E-state index in [1.165, 1.54) is 23.7 Å². The first-order valence-corrected chi connectivity index (χ1v) is 7.84. The number of hydrogen-bond acceptors (Lipinski definition) is 3. The van der Waals surface area contributed by atoms with Gasteiger partial charge in [-0.3, -0.25) is 10.0 Å². The zero-order valence-electron chi connectivity index (χ0n) is 11.5. The van der Waals surface area contributed by atoms with Crippen molar-refractivity contribution in [1.29, 1.82) is 0 Å². The summed E-state index contributed by atoms with van der Waals surface area (Å²) in [6.45, 7) is 0. The first-order chi connectivity index (χ1) is 10.5. The maximum absolute atomic E-state index is 12.4. The average Bonchev–Trinajstić information content (AvgIpc) is 2.53. The second-order valence-corrected chi connectivity index (χ2v) is 6.10. The molecule has 0 aliphatic rings. The van der Waals surface area contributed by atoms with Crippen LogP contribution in [-0.2, 0) is 19.4 Å². The monoisotopic (exact) mass is 319 g/mol. The van der Waals surface area contributed by atoms with E-state index < -0.39 is 16.3 Å². The first kappa shape index (κ1) is 15.9. The number of para-hydroxylation sites is 1. The van der Waals surface area contributed by atoms with Crippen molar-refractivity contribution in [3.8, 4) is 0 Å². The van der Waals surface area contributed by atoms with E-state index in [9.17, 15) is 13.6 Å². The Hall–Kier alpha value is -2.48. The molecule has 0 aromatic heterocycles. The zero-order chi connectivity index (χ0) is 16.0. The number of benzene rings is 2. The summed E-state index contributed by atoms with van der Waals surface area (Å²) in [5.74, 6) is -0.683. The van der Waals surface area contributed by atoms with Crippen LogP contribution in [-0.4, -0.2) is 15.7 Å². The summed E-state index contributed by atoms with van der Waals surface area (Å²) in [5, 5.41) is 8.41. The molecule has 0 bridgehead atoms. The molecule has 0 radical (unpaired) electrons. The van der Waals surface area contributed by atoms with Crippen LogP contribution in [0.25, 0.3) is 6.08 Å². The van der Waals surface area contributed by atoms with E-state index in [4.69, 9.17) is 5.21 Å². The lowest BCUT2D eigenvalue weighted by Crippen LogP contribution is -2.20. The fraction of sp³-hybridized carbons (Fsp3) is 0. The topological polar surface area (TPSA) is 98.7 Å². The van der Waals surface area contributed by atoms with E-state index >= 15 is 0 Å². The van der Waals surface area contributed by atoms with E-state index in [1.54, 1.807) is 36.4 Å². The molecule has 114 valence electrons. The molecule has 7 heteroatoms. The Morgan fingerprint density at radius 1 is 1.09 bits per heavy atom. The molecule has 0 spiro atoms. The summed E-state index contributed by atoms with van der Waals surface area (Å²) in [7, 11) is -3.46. The number of nitrogens with one attached hydrogen (secondary N) is 2. The molecule has 1 unspecified atom stereocenters. The van der Waals surface area contributed by atoms with Gasteiger partial charge < -0.3 is 0 Å². The Kier molecular flexibility index (Phi) is 5.05. The van der Waals surface area contributed by atoms with Gasteiger partial charge in [0.2, 0.25) is 4.90 Å². The van der Waals surface area contributed by atoms with Crippen LogP contribution in [0, 0.1) is 0 Å². The molecular weight excluding hydrogens is 304 g/mol. The van der Waals surface area contributed by atoms with Crippen molar-refractivity contribution in [1.82, 2.24) is 5.48 Å². The third-order valence-electron chi connectivity index (χ3n) is 2.74. The van der Waals surface area contributed by atoms with Gasteiger partial charge in [-0.2, -0.15) is 9.27 Å². The molecule has 1 amide bonds. The van der Waals surface area contributed by atoms with Gasteiger partial charge in [0.25, 0.3) is 5.91 Å². The van der Waals surface area contributed by atoms with E-state index in [-0.39, 0.29) is 4.90 Å². The van der Waals surface area contributed by atoms with Gasteiger partial charge in [-0.1, -0.05) is 30.3 Å². The third kappa shape index (κ3) is 4.26. The second kappa shape index (κ2) is 6.99. The van der Waals surface area contributed by atoms with Crippen LogP contribution in [0.1, 0.15) is 5.56 Å². The van der Waals surface area contributed by atoms with Crippen molar-refractivity contribution >= 4 is 28.1 Å². The van der Waals surface area contributed by atoms with Crippen LogP contribution in [0.15, 0.2) is 65.6 Å². The van der Waals surface area contributed by atoms with Crippen molar-refractivity contribution in [3.63, 3.8) is 0 Å². The van der Waals surface area contributed by atoms with E-state index in [0.717, 1.165) is 6.08 Å². The Morgan fingerprint density at radius 2 is 1.82 bits per heavy atom. The Labute approximate surface area is 128 Å². The lowest BCUT2D eigenvalue weighted by atomic mass is 10.2. The molecule has 0 heterocycles. The second-order valence-electron chi connectivity index (χ2n) is 4.38. The van der Waals surface area contributed by atoms with Crippen LogP contribution < -0.4 is 10.2 Å². The highest BCUT2D eigenvalue weighted by Crippen LogP contribution is 2.21. The maximum Gasteiger partial charge on any atom is 0.346 e. The molecule has 4 N–H and O–H groups in total. The molecule has 0 fully saturated rings. The predicted octanol–water partition coefficient (Wildman–Crippen LogP) is 2.56. The summed E-state index contributed by atoms with van der Waals surface area (Å²) in [4.78, 5) is 11.1. The van der Waals surface area contributed by atoms with Crippen LogP contribution in [0.3, 0.4) is 0 Å². The number of hydroxylamine groups is 1. The lowest BCUT2D eigenvalue weighted by Gasteiger charge is -2.07. The molecule has 6 nitrogen and oxygen atoms in total. The smallest absolute Gasteiger partial charge is 0.288 e. The average molecular weight is 319 g/mol. The van der Waals surface area contributed by atoms with Crippen molar-refractivity contribution < 1.29 is 18.8 Å². The summed E-state index contributed by atoms with van der Waals surface area (Å²) in [5.41, 5.74) is 2.55. The molecular formula is C15H15N2O4S+. The number of carbonyl (C=O) groups excluding carboxylic acids is 1. The standard InChI is InChI=1S/C15H14N2O4S/c18-15(16-19)10-9-12-5-4-8-14(11-12)22(20,21)17-13-6-2-1-3-7-13/h1-11H,(H3-,16,17,18,19,20,21)/p+1/b10-9+. The summed E-state index contributed by atoms with van der Waals surface area (Å²) < 4.78 is 25.1. The molecule has 2 aromatic rings. The predicted molar refractivity (Wildman–Crippen MR) is 84.4 cm³/mol. The minimum atomic E-state index is -3.46. The minimum Gasteiger partial charge on any atom is -0.288 e. The Balaban J connectivity index is 2.22. The largest absolute Gasteiger partial charge is 0.346 e. The fourth-order valence-corrected chi connectivity index (χ4v) is 2.86. The van der Waals surface area contributed by atoms with Gasteiger partial charge in [-0.15, -0.1) is 0 Å². The van der Waals surface area contributed by atoms with E-state index in [0.29, 0.717) is 11.3 Å². The molecule has 22 heavy (non-hydrogen) atoms. The van der Waals surface area contributed by atoms with Crippen molar-refractivity contribution in [2.75, 3.05) is 4.72 Å². The van der Waals surface area contributed by atoms with Crippen LogP contribution in [0.4, 0.5) is 5.69 Å². The number of anilines is 1. The molecule has 0 aliphatic carbocycles. The number of amides is 1.